The number of carbonyl (C=O) groups excluding carboxylic acids is 1. The summed E-state index contributed by atoms with van der Waals surface area (Å²) in [5.74, 6) is 0.237. The summed E-state index contributed by atoms with van der Waals surface area (Å²) in [5.41, 5.74) is 4.90. The second-order valence-electron chi connectivity index (χ2n) is 9.45. The first-order valence-electron chi connectivity index (χ1n) is 13.0. The first-order chi connectivity index (χ1) is 19.6. The van der Waals surface area contributed by atoms with E-state index in [4.69, 9.17) is 0 Å². The predicted molar refractivity (Wildman–Crippen MR) is 157 cm³/mol. The molecule has 0 unspecified atom stereocenters. The summed E-state index contributed by atoms with van der Waals surface area (Å²) in [6.45, 7) is 2.94. The van der Waals surface area contributed by atoms with E-state index in [1.165, 1.54) is 0 Å². The van der Waals surface area contributed by atoms with Crippen LogP contribution in [0.5, 0.6) is 0 Å². The van der Waals surface area contributed by atoms with Gasteiger partial charge in [-0.15, -0.1) is 16.4 Å². The molecule has 2 N–H and O–H groups in total. The number of carbonyl (C=O) groups is 1. The quantitative estimate of drug-likeness (QED) is 0.264. The third kappa shape index (κ3) is 5.06. The van der Waals surface area contributed by atoms with Gasteiger partial charge in [-0.1, -0.05) is 85.8 Å². The highest BCUT2D eigenvalue weighted by Crippen LogP contribution is 2.30. The summed E-state index contributed by atoms with van der Waals surface area (Å²) in [6, 6.07) is 27.8. The van der Waals surface area contributed by atoms with Gasteiger partial charge >= 0.3 is 0 Å². The first kappa shape index (κ1) is 25.4. The molecular weight excluding hydrogens is 520 g/mol. The number of hydrogen-bond acceptors (Lipinski definition) is 6. The van der Waals surface area contributed by atoms with E-state index in [9.17, 15) is 9.59 Å². The Labute approximate surface area is 234 Å². The van der Waals surface area contributed by atoms with E-state index >= 15 is 0 Å². The number of H-pyrrole nitrogens is 1. The van der Waals surface area contributed by atoms with Crippen molar-refractivity contribution in [2.24, 2.45) is 0 Å². The summed E-state index contributed by atoms with van der Waals surface area (Å²) in [5, 5.41) is 17.8. The Morgan fingerprint density at radius 3 is 2.42 bits per heavy atom. The SMILES string of the molecule is CCc1cc2c(=O)c(C(=O)NCc3ccccc3)cn(Cc3ccc(-c4ccccc4-c4nnn[nH]4)cc3)c2s1. The van der Waals surface area contributed by atoms with Crippen molar-refractivity contribution in [3.05, 3.63) is 123 Å². The molecule has 3 aromatic carbocycles. The maximum atomic E-state index is 13.4. The van der Waals surface area contributed by atoms with Crippen LogP contribution in [-0.4, -0.2) is 31.1 Å². The van der Waals surface area contributed by atoms with Crippen molar-refractivity contribution in [1.29, 1.82) is 0 Å². The van der Waals surface area contributed by atoms with Crippen LogP contribution in [0.3, 0.4) is 0 Å². The second-order valence-corrected chi connectivity index (χ2v) is 10.6. The average Bonchev–Trinajstić information content (AvgIpc) is 3.70. The topological polar surface area (TPSA) is 106 Å². The Hall–Kier alpha value is -4.89. The van der Waals surface area contributed by atoms with Gasteiger partial charge < -0.3 is 9.88 Å². The number of fused-ring (bicyclic) bond motifs is 1. The number of aryl methyl sites for hydroxylation is 1. The highest BCUT2D eigenvalue weighted by Gasteiger charge is 2.18. The molecule has 8 nitrogen and oxygen atoms in total. The molecule has 0 spiro atoms. The number of aromatic nitrogens is 5. The molecule has 6 aromatic rings. The third-order valence-corrected chi connectivity index (χ3v) is 8.15. The molecule has 6 rings (SSSR count). The van der Waals surface area contributed by atoms with Crippen molar-refractivity contribution < 1.29 is 4.79 Å². The first-order valence-corrected chi connectivity index (χ1v) is 13.8. The zero-order chi connectivity index (χ0) is 27.5. The number of benzene rings is 3. The van der Waals surface area contributed by atoms with Crippen LogP contribution in [0.25, 0.3) is 32.7 Å². The zero-order valence-electron chi connectivity index (χ0n) is 21.8. The van der Waals surface area contributed by atoms with Gasteiger partial charge in [0.05, 0.1) is 5.39 Å². The fourth-order valence-electron chi connectivity index (χ4n) is 4.75. The van der Waals surface area contributed by atoms with E-state index in [0.717, 1.165) is 43.9 Å². The summed E-state index contributed by atoms with van der Waals surface area (Å²) in [6.07, 6.45) is 2.52. The lowest BCUT2D eigenvalue weighted by molar-refractivity contribution is 0.0949. The largest absolute Gasteiger partial charge is 0.348 e. The molecule has 0 bridgehead atoms. The van der Waals surface area contributed by atoms with Gasteiger partial charge in [-0.25, -0.2) is 5.10 Å². The van der Waals surface area contributed by atoms with E-state index in [2.05, 4.69) is 57.1 Å². The fourth-order valence-corrected chi connectivity index (χ4v) is 5.82. The van der Waals surface area contributed by atoms with E-state index < -0.39 is 0 Å². The van der Waals surface area contributed by atoms with Gasteiger partial charge in [0.15, 0.2) is 5.82 Å². The fraction of sp³-hybridized carbons (Fsp3) is 0.129. The van der Waals surface area contributed by atoms with Crippen LogP contribution in [0, 0.1) is 0 Å². The maximum Gasteiger partial charge on any atom is 0.257 e. The van der Waals surface area contributed by atoms with E-state index in [0.29, 0.717) is 24.3 Å². The Balaban J connectivity index is 1.32. The molecule has 0 aliphatic rings. The lowest BCUT2D eigenvalue weighted by Gasteiger charge is -2.13. The molecule has 40 heavy (non-hydrogen) atoms. The molecular formula is C31H26N6O2S. The van der Waals surface area contributed by atoms with Gasteiger partial charge in [0, 0.05) is 29.7 Å². The second kappa shape index (κ2) is 11.1. The molecule has 0 aliphatic heterocycles. The van der Waals surface area contributed by atoms with Crippen molar-refractivity contribution in [3.63, 3.8) is 0 Å². The molecule has 0 saturated carbocycles. The van der Waals surface area contributed by atoms with Gasteiger partial charge in [-0.2, -0.15) is 0 Å². The molecule has 0 atom stereocenters. The number of thiophene rings is 1. The van der Waals surface area contributed by atoms with Gasteiger partial charge in [0.25, 0.3) is 5.91 Å². The lowest BCUT2D eigenvalue weighted by atomic mass is 9.98. The normalized spacial score (nSPS) is 11.1. The van der Waals surface area contributed by atoms with Crippen LogP contribution in [0.1, 0.15) is 33.3 Å². The Bertz CT molecular complexity index is 1840. The molecule has 0 aliphatic carbocycles. The standard InChI is InChI=1S/C31H26N6O2S/c1-2-23-16-26-28(38)27(30(39)32-17-20-8-4-3-5-9-20)19-37(31(26)40-23)18-21-12-14-22(15-13-21)24-10-6-7-11-25(24)29-33-35-36-34-29/h3-16,19H,2,17-18H2,1H3,(H,32,39)(H,33,34,35,36). The van der Waals surface area contributed by atoms with Crippen LogP contribution < -0.4 is 10.7 Å². The van der Waals surface area contributed by atoms with Gasteiger partial charge in [-0.05, 0) is 45.2 Å². The highest BCUT2D eigenvalue weighted by molar-refractivity contribution is 7.18. The summed E-state index contributed by atoms with van der Waals surface area (Å²) in [7, 11) is 0. The van der Waals surface area contributed by atoms with E-state index in [1.807, 2.05) is 65.2 Å². The summed E-state index contributed by atoms with van der Waals surface area (Å²) >= 11 is 1.60. The molecule has 198 valence electrons. The molecule has 9 heteroatoms. The third-order valence-electron chi connectivity index (χ3n) is 6.83. The monoisotopic (exact) mass is 546 g/mol. The van der Waals surface area contributed by atoms with Gasteiger partial charge in [0.1, 0.15) is 10.4 Å². The van der Waals surface area contributed by atoms with Crippen LogP contribution in [-0.2, 0) is 19.5 Å². The van der Waals surface area contributed by atoms with Crippen molar-refractivity contribution >= 4 is 27.5 Å². The zero-order valence-corrected chi connectivity index (χ0v) is 22.6. The number of aromatic amines is 1. The minimum atomic E-state index is -0.373. The van der Waals surface area contributed by atoms with Gasteiger partial charge in [-0.3, -0.25) is 9.59 Å². The Morgan fingerprint density at radius 2 is 1.70 bits per heavy atom. The number of nitrogens with zero attached hydrogens (tertiary/aromatic N) is 4. The predicted octanol–water partition coefficient (Wildman–Crippen LogP) is 5.45. The van der Waals surface area contributed by atoms with E-state index in [1.54, 1.807) is 17.5 Å². The molecule has 3 heterocycles. The van der Waals surface area contributed by atoms with Crippen molar-refractivity contribution in [2.75, 3.05) is 0 Å². The summed E-state index contributed by atoms with van der Waals surface area (Å²) in [4.78, 5) is 28.5. The maximum absolute atomic E-state index is 13.4. The number of amides is 1. The Kier molecular flexibility index (Phi) is 7.03. The minimum absolute atomic E-state index is 0.148. The van der Waals surface area contributed by atoms with Crippen LogP contribution in [0.2, 0.25) is 0 Å². The molecule has 0 radical (unpaired) electrons. The smallest absolute Gasteiger partial charge is 0.257 e. The number of tetrazole rings is 1. The molecule has 1 amide bonds. The minimum Gasteiger partial charge on any atom is -0.348 e. The van der Waals surface area contributed by atoms with Crippen molar-refractivity contribution in [3.8, 4) is 22.5 Å². The number of rotatable bonds is 8. The van der Waals surface area contributed by atoms with Crippen LogP contribution in [0.4, 0.5) is 0 Å². The van der Waals surface area contributed by atoms with E-state index in [-0.39, 0.29) is 16.9 Å². The Morgan fingerprint density at radius 1 is 0.950 bits per heavy atom. The summed E-state index contributed by atoms with van der Waals surface area (Å²) < 4.78 is 2.02. The van der Waals surface area contributed by atoms with Crippen molar-refractivity contribution in [2.45, 2.75) is 26.4 Å². The van der Waals surface area contributed by atoms with Crippen molar-refractivity contribution in [1.82, 2.24) is 30.5 Å². The molecule has 3 aromatic heterocycles. The van der Waals surface area contributed by atoms with Crippen LogP contribution >= 0.6 is 11.3 Å². The average molecular weight is 547 g/mol. The van der Waals surface area contributed by atoms with Gasteiger partial charge in [0.2, 0.25) is 5.43 Å². The number of pyridine rings is 1. The highest BCUT2D eigenvalue weighted by atomic mass is 32.1. The number of hydrogen-bond donors (Lipinski definition) is 2. The van der Waals surface area contributed by atoms with Crippen LogP contribution in [0.15, 0.2) is 95.9 Å². The molecule has 0 saturated heterocycles. The lowest BCUT2D eigenvalue weighted by Crippen LogP contribution is -2.29. The number of nitrogens with one attached hydrogen (secondary N) is 2. The molecule has 0 fully saturated rings.